The lowest BCUT2D eigenvalue weighted by atomic mass is 10.0. The van der Waals surface area contributed by atoms with E-state index in [0.717, 1.165) is 102 Å². The van der Waals surface area contributed by atoms with E-state index in [9.17, 15) is 43.2 Å². The van der Waals surface area contributed by atoms with Crippen LogP contribution < -0.4 is 0 Å². The summed E-state index contributed by atoms with van der Waals surface area (Å²) in [6, 6.07) is 0. The monoisotopic (exact) mass is 1480 g/mol. The molecule has 0 saturated heterocycles. The molecule has 5 atom stereocenters. The summed E-state index contributed by atoms with van der Waals surface area (Å²) in [6.45, 7) is 9.62. The third-order valence-electron chi connectivity index (χ3n) is 19.2. The van der Waals surface area contributed by atoms with Crippen LogP contribution in [0.2, 0.25) is 0 Å². The second-order valence-corrected chi connectivity index (χ2v) is 33.4. The molecule has 0 aromatic rings. The number of aliphatic hydroxyl groups is 1. The fraction of sp³-hybridized carbons (Fsp3) is 0.951. The van der Waals surface area contributed by atoms with Gasteiger partial charge in [-0.1, -0.05) is 382 Å². The molecule has 0 aromatic carbocycles. The molecule has 0 aromatic heterocycles. The molecule has 0 heterocycles. The van der Waals surface area contributed by atoms with Crippen molar-refractivity contribution in [2.45, 2.75) is 452 Å². The maximum absolute atomic E-state index is 13.1. The van der Waals surface area contributed by atoms with Crippen molar-refractivity contribution < 1.29 is 80.2 Å². The van der Waals surface area contributed by atoms with Crippen molar-refractivity contribution in [3.8, 4) is 0 Å². The van der Waals surface area contributed by atoms with Crippen LogP contribution in [0.25, 0.3) is 0 Å². The predicted molar refractivity (Wildman–Crippen MR) is 414 cm³/mol. The number of phosphoric ester groups is 2. The molecule has 0 radical (unpaired) electrons. The first kappa shape index (κ1) is 99.1. The maximum Gasteiger partial charge on any atom is 0.472 e. The van der Waals surface area contributed by atoms with E-state index in [4.69, 9.17) is 37.0 Å². The fourth-order valence-corrected chi connectivity index (χ4v) is 14.3. The average molecular weight is 1480 g/mol. The number of esters is 4. The number of ether oxygens (including phenoxy) is 4. The number of rotatable bonds is 81. The average Bonchev–Trinajstić information content (AvgIpc) is 1.01. The van der Waals surface area contributed by atoms with Crippen molar-refractivity contribution in [1.82, 2.24) is 0 Å². The van der Waals surface area contributed by atoms with Crippen LogP contribution in [0.1, 0.15) is 433 Å². The van der Waals surface area contributed by atoms with Crippen LogP contribution in [0.15, 0.2) is 0 Å². The van der Waals surface area contributed by atoms with E-state index in [1.54, 1.807) is 0 Å². The van der Waals surface area contributed by atoms with E-state index < -0.39 is 97.5 Å². The highest BCUT2D eigenvalue weighted by atomic mass is 31.2. The summed E-state index contributed by atoms with van der Waals surface area (Å²) in [5.41, 5.74) is 0. The van der Waals surface area contributed by atoms with Gasteiger partial charge in [0.1, 0.15) is 19.3 Å². The number of phosphoric acid groups is 2. The molecule has 0 rings (SSSR count). The van der Waals surface area contributed by atoms with Crippen LogP contribution in [0.4, 0.5) is 0 Å². The Morgan fingerprint density at radius 1 is 0.267 bits per heavy atom. The molecule has 0 aliphatic heterocycles. The molecule has 3 N–H and O–H groups in total. The molecule has 19 heteroatoms. The maximum atomic E-state index is 13.1. The quantitative estimate of drug-likeness (QED) is 0.0222. The van der Waals surface area contributed by atoms with Gasteiger partial charge in [0.2, 0.25) is 0 Å². The first-order valence-corrected chi connectivity index (χ1v) is 45.5. The van der Waals surface area contributed by atoms with E-state index in [-0.39, 0.29) is 25.7 Å². The van der Waals surface area contributed by atoms with Gasteiger partial charge in [-0.05, 0) is 37.5 Å². The van der Waals surface area contributed by atoms with Crippen molar-refractivity contribution in [3.05, 3.63) is 0 Å². The molecule has 0 aliphatic carbocycles. The third-order valence-corrected chi connectivity index (χ3v) is 21.1. The van der Waals surface area contributed by atoms with E-state index in [2.05, 4.69) is 41.5 Å². The Hall–Kier alpha value is -1.94. The topological polar surface area (TPSA) is 237 Å². The van der Waals surface area contributed by atoms with Crippen LogP contribution in [0.3, 0.4) is 0 Å². The Labute approximate surface area is 619 Å². The van der Waals surface area contributed by atoms with Gasteiger partial charge >= 0.3 is 39.5 Å². The molecule has 0 fully saturated rings. The molecule has 0 amide bonds. The lowest BCUT2D eigenvalue weighted by Gasteiger charge is -2.21. The van der Waals surface area contributed by atoms with E-state index in [1.165, 1.54) is 244 Å². The summed E-state index contributed by atoms with van der Waals surface area (Å²) < 4.78 is 68.8. The van der Waals surface area contributed by atoms with Gasteiger partial charge in [0, 0.05) is 25.7 Å². The lowest BCUT2D eigenvalue weighted by molar-refractivity contribution is -0.161. The number of hydrogen-bond donors (Lipinski definition) is 3. The lowest BCUT2D eigenvalue weighted by Crippen LogP contribution is -2.30. The number of unbranched alkanes of at least 4 members (excludes halogenated alkanes) is 51. The van der Waals surface area contributed by atoms with Gasteiger partial charge in [-0.3, -0.25) is 37.3 Å². The minimum absolute atomic E-state index is 0.108. The Kier molecular flexibility index (Phi) is 72.2. The van der Waals surface area contributed by atoms with Gasteiger partial charge in [0.25, 0.3) is 0 Å². The van der Waals surface area contributed by atoms with Crippen molar-refractivity contribution in [2.24, 2.45) is 11.8 Å². The van der Waals surface area contributed by atoms with E-state index in [1.807, 2.05) is 0 Å². The highest BCUT2D eigenvalue weighted by Crippen LogP contribution is 2.45. The summed E-state index contributed by atoms with van der Waals surface area (Å²) in [5, 5.41) is 10.6. The van der Waals surface area contributed by atoms with Crippen LogP contribution in [-0.4, -0.2) is 96.7 Å². The molecular formula is C82H160O17P2. The SMILES string of the molecule is CCCCCCCCCCCCCCCCCCCC(=O)OC[C@H](COP(=O)(O)OC[C@@H](O)COP(=O)(O)OC[C@@H](COC(=O)CCCCCCCCCC(C)C)OC(=O)CCCCCCCCCCCCCCCCCC)OC(=O)CCCCCCCCCCCCCCCCCC(C)C. The van der Waals surface area contributed by atoms with Gasteiger partial charge in [-0.15, -0.1) is 0 Å². The minimum atomic E-state index is -4.96. The molecular weight excluding hydrogens is 1320 g/mol. The van der Waals surface area contributed by atoms with Gasteiger partial charge < -0.3 is 33.8 Å². The standard InChI is InChI=1S/C82H160O17P2/c1-7-9-11-13-15-17-19-21-23-25-29-32-36-40-46-52-58-64-79(84)92-70-77(98-81(86)66-61-55-48-42-38-34-30-26-27-31-35-39-44-50-56-62-74(3)4)72-96-100(88,89)94-68-76(83)69-95-101(90,91)97-73-78(71-93-80(85)65-59-53-49-43-45-51-57-63-75(5)6)99-82(87)67-60-54-47-41-37-33-28-24-22-20-18-16-14-12-10-8-2/h74-78,83H,7-73H2,1-6H3,(H,88,89)(H,90,91)/t76-,77-,78-/m1/s1. The van der Waals surface area contributed by atoms with Crippen molar-refractivity contribution in [3.63, 3.8) is 0 Å². The molecule has 0 bridgehead atoms. The van der Waals surface area contributed by atoms with Crippen LogP contribution in [0, 0.1) is 11.8 Å². The summed E-state index contributed by atoms with van der Waals surface area (Å²) in [6.07, 6.45) is 63.9. The number of hydrogen-bond acceptors (Lipinski definition) is 15. The second kappa shape index (κ2) is 73.6. The first-order chi connectivity index (χ1) is 48.9. The Morgan fingerprint density at radius 2 is 0.455 bits per heavy atom. The van der Waals surface area contributed by atoms with Crippen LogP contribution >= 0.6 is 15.6 Å². The zero-order valence-corrected chi connectivity index (χ0v) is 68.0. The van der Waals surface area contributed by atoms with Crippen molar-refractivity contribution >= 4 is 39.5 Å². The zero-order valence-electron chi connectivity index (χ0n) is 66.2. The third kappa shape index (κ3) is 76.1. The largest absolute Gasteiger partial charge is 0.472 e. The smallest absolute Gasteiger partial charge is 0.462 e. The highest BCUT2D eigenvalue weighted by molar-refractivity contribution is 7.47. The zero-order chi connectivity index (χ0) is 74.2. The Bertz CT molecular complexity index is 1940. The van der Waals surface area contributed by atoms with Gasteiger partial charge in [-0.2, -0.15) is 0 Å². The number of carbonyl (C=O) groups excluding carboxylic acids is 4. The fourth-order valence-electron chi connectivity index (χ4n) is 12.7. The summed E-state index contributed by atoms with van der Waals surface area (Å²) in [4.78, 5) is 73.1. The normalized spacial score (nSPS) is 13.9. The van der Waals surface area contributed by atoms with Crippen LogP contribution in [-0.2, 0) is 65.4 Å². The minimum Gasteiger partial charge on any atom is -0.462 e. The summed E-state index contributed by atoms with van der Waals surface area (Å²) in [5.74, 6) is -0.599. The Balaban J connectivity index is 5.24. The number of carbonyl (C=O) groups is 4. The summed E-state index contributed by atoms with van der Waals surface area (Å²) in [7, 11) is -9.92. The molecule has 0 spiro atoms. The second-order valence-electron chi connectivity index (χ2n) is 30.5. The molecule has 600 valence electrons. The molecule has 17 nitrogen and oxygen atoms in total. The highest BCUT2D eigenvalue weighted by Gasteiger charge is 2.30. The van der Waals surface area contributed by atoms with Crippen molar-refractivity contribution in [2.75, 3.05) is 39.6 Å². The molecule has 0 saturated carbocycles. The number of aliphatic hydroxyl groups excluding tert-OH is 1. The van der Waals surface area contributed by atoms with Gasteiger partial charge in [0.15, 0.2) is 12.2 Å². The molecule has 2 unspecified atom stereocenters. The van der Waals surface area contributed by atoms with E-state index in [0.29, 0.717) is 31.6 Å². The summed E-state index contributed by atoms with van der Waals surface area (Å²) >= 11 is 0. The van der Waals surface area contributed by atoms with E-state index >= 15 is 0 Å². The van der Waals surface area contributed by atoms with Gasteiger partial charge in [0.05, 0.1) is 26.4 Å². The molecule has 0 aliphatic rings. The van der Waals surface area contributed by atoms with Gasteiger partial charge in [-0.25, -0.2) is 9.13 Å². The first-order valence-electron chi connectivity index (χ1n) is 42.5. The molecule has 101 heavy (non-hydrogen) atoms. The Morgan fingerprint density at radius 3 is 0.673 bits per heavy atom. The van der Waals surface area contributed by atoms with Crippen LogP contribution in [0.5, 0.6) is 0 Å². The van der Waals surface area contributed by atoms with Crippen molar-refractivity contribution in [1.29, 1.82) is 0 Å². The predicted octanol–water partition coefficient (Wildman–Crippen LogP) is 24.7.